The van der Waals surface area contributed by atoms with Crippen LogP contribution in [0, 0.1) is 0 Å². The summed E-state index contributed by atoms with van der Waals surface area (Å²) in [5.41, 5.74) is 1.86. The molecule has 1 aliphatic rings. The molecule has 6 heteroatoms. The summed E-state index contributed by atoms with van der Waals surface area (Å²) in [7, 11) is 3.13. The Bertz CT molecular complexity index is 787. The minimum Gasteiger partial charge on any atom is -0.497 e. The second-order valence-corrected chi connectivity index (χ2v) is 5.72. The highest BCUT2D eigenvalue weighted by Crippen LogP contribution is 2.34. The van der Waals surface area contributed by atoms with Crippen LogP contribution in [0.1, 0.15) is 23.2 Å². The summed E-state index contributed by atoms with van der Waals surface area (Å²) in [6.45, 7) is 0.687. The molecule has 0 spiro atoms. The van der Waals surface area contributed by atoms with Crippen molar-refractivity contribution < 1.29 is 19.1 Å². The first-order valence-electron chi connectivity index (χ1n) is 8.06. The summed E-state index contributed by atoms with van der Waals surface area (Å²) in [6, 6.07) is 12.2. The van der Waals surface area contributed by atoms with Gasteiger partial charge in [0.1, 0.15) is 11.5 Å². The van der Waals surface area contributed by atoms with Gasteiger partial charge in [0, 0.05) is 30.3 Å². The number of nitrogens with zero attached hydrogens (tertiary/aromatic N) is 1. The Kier molecular flexibility index (Phi) is 4.88. The van der Waals surface area contributed by atoms with Crippen LogP contribution in [0.4, 0.5) is 11.4 Å². The van der Waals surface area contributed by atoms with Gasteiger partial charge in [-0.1, -0.05) is 0 Å². The lowest BCUT2D eigenvalue weighted by atomic mass is 10.2. The number of carbonyl (C=O) groups excluding carboxylic acids is 2. The van der Waals surface area contributed by atoms with E-state index in [4.69, 9.17) is 9.47 Å². The summed E-state index contributed by atoms with van der Waals surface area (Å²) in [5, 5.41) is 2.84. The lowest BCUT2D eigenvalue weighted by Crippen LogP contribution is -2.24. The SMILES string of the molecule is COc1ccc(C(=O)Nc2ccc(N3CCCC3=O)c(OC)c2)cc1. The molecule has 0 atom stereocenters. The van der Waals surface area contributed by atoms with Crippen molar-refractivity contribution in [2.75, 3.05) is 31.0 Å². The van der Waals surface area contributed by atoms with Crippen LogP contribution < -0.4 is 19.7 Å². The highest BCUT2D eigenvalue weighted by atomic mass is 16.5. The largest absolute Gasteiger partial charge is 0.497 e. The van der Waals surface area contributed by atoms with Gasteiger partial charge in [-0.25, -0.2) is 0 Å². The van der Waals surface area contributed by atoms with E-state index >= 15 is 0 Å². The van der Waals surface area contributed by atoms with Crippen molar-refractivity contribution in [3.63, 3.8) is 0 Å². The number of ether oxygens (including phenoxy) is 2. The molecular formula is C19H20N2O4. The van der Waals surface area contributed by atoms with Crippen LogP contribution >= 0.6 is 0 Å². The van der Waals surface area contributed by atoms with Crippen LogP contribution in [0.3, 0.4) is 0 Å². The van der Waals surface area contributed by atoms with Crippen molar-refractivity contribution in [2.45, 2.75) is 12.8 Å². The summed E-state index contributed by atoms with van der Waals surface area (Å²) in [5.74, 6) is 1.11. The summed E-state index contributed by atoms with van der Waals surface area (Å²) in [4.78, 5) is 26.0. The molecule has 1 saturated heterocycles. The summed E-state index contributed by atoms with van der Waals surface area (Å²) in [6.07, 6.45) is 1.40. The third-order valence-electron chi connectivity index (χ3n) is 4.15. The Labute approximate surface area is 146 Å². The average molecular weight is 340 g/mol. The third-order valence-corrected chi connectivity index (χ3v) is 4.15. The fraction of sp³-hybridized carbons (Fsp3) is 0.263. The van der Waals surface area contributed by atoms with Gasteiger partial charge < -0.3 is 19.7 Å². The molecule has 2 aromatic carbocycles. The van der Waals surface area contributed by atoms with Gasteiger partial charge in [-0.15, -0.1) is 0 Å². The number of methoxy groups -OCH3 is 2. The predicted octanol–water partition coefficient (Wildman–Crippen LogP) is 3.08. The van der Waals surface area contributed by atoms with Crippen molar-refractivity contribution >= 4 is 23.2 Å². The quantitative estimate of drug-likeness (QED) is 0.908. The fourth-order valence-corrected chi connectivity index (χ4v) is 2.83. The third kappa shape index (κ3) is 3.57. The number of benzene rings is 2. The van der Waals surface area contributed by atoms with Crippen LogP contribution in [-0.4, -0.2) is 32.6 Å². The molecule has 1 fully saturated rings. The molecule has 3 rings (SSSR count). The minimum absolute atomic E-state index is 0.0910. The maximum atomic E-state index is 12.3. The van der Waals surface area contributed by atoms with Gasteiger partial charge >= 0.3 is 0 Å². The van der Waals surface area contributed by atoms with Crippen molar-refractivity contribution in [1.29, 1.82) is 0 Å². The first-order valence-corrected chi connectivity index (χ1v) is 8.06. The van der Waals surface area contributed by atoms with E-state index in [-0.39, 0.29) is 11.8 Å². The van der Waals surface area contributed by atoms with Gasteiger partial charge in [-0.05, 0) is 42.8 Å². The topological polar surface area (TPSA) is 67.9 Å². The molecule has 1 heterocycles. The lowest BCUT2D eigenvalue weighted by Gasteiger charge is -2.19. The zero-order valence-corrected chi connectivity index (χ0v) is 14.2. The maximum absolute atomic E-state index is 12.3. The van der Waals surface area contributed by atoms with Crippen LogP contribution in [0.15, 0.2) is 42.5 Å². The number of hydrogen-bond acceptors (Lipinski definition) is 4. The van der Waals surface area contributed by atoms with E-state index in [1.807, 2.05) is 0 Å². The Morgan fingerprint density at radius 2 is 1.84 bits per heavy atom. The standard InChI is InChI=1S/C19H20N2O4/c1-24-15-8-5-13(6-9-15)19(23)20-14-7-10-16(17(12-14)25-2)21-11-3-4-18(21)22/h5-10,12H,3-4,11H2,1-2H3,(H,20,23). The lowest BCUT2D eigenvalue weighted by molar-refractivity contribution is -0.117. The highest BCUT2D eigenvalue weighted by Gasteiger charge is 2.24. The van der Waals surface area contributed by atoms with Crippen molar-refractivity contribution in [2.24, 2.45) is 0 Å². The van der Waals surface area contributed by atoms with Gasteiger partial charge in [-0.2, -0.15) is 0 Å². The van der Waals surface area contributed by atoms with Gasteiger partial charge in [0.2, 0.25) is 5.91 Å². The molecule has 6 nitrogen and oxygen atoms in total. The molecule has 2 amide bonds. The predicted molar refractivity (Wildman–Crippen MR) is 95.5 cm³/mol. The van der Waals surface area contributed by atoms with Crippen LogP contribution in [0.25, 0.3) is 0 Å². The molecule has 0 saturated carbocycles. The number of amides is 2. The van der Waals surface area contributed by atoms with E-state index in [2.05, 4.69) is 5.32 Å². The Hall–Kier alpha value is -3.02. The molecule has 2 aromatic rings. The molecule has 1 N–H and O–H groups in total. The number of carbonyl (C=O) groups is 2. The fourth-order valence-electron chi connectivity index (χ4n) is 2.83. The molecule has 0 unspecified atom stereocenters. The van der Waals surface area contributed by atoms with E-state index in [9.17, 15) is 9.59 Å². The van der Waals surface area contributed by atoms with E-state index < -0.39 is 0 Å². The van der Waals surface area contributed by atoms with E-state index in [1.54, 1.807) is 61.6 Å². The number of hydrogen-bond donors (Lipinski definition) is 1. The van der Waals surface area contributed by atoms with Crippen molar-refractivity contribution in [3.05, 3.63) is 48.0 Å². The molecule has 0 aliphatic carbocycles. The second kappa shape index (κ2) is 7.25. The van der Waals surface area contributed by atoms with Crippen molar-refractivity contribution in [3.8, 4) is 11.5 Å². The average Bonchev–Trinajstić information content (AvgIpc) is 3.07. The second-order valence-electron chi connectivity index (χ2n) is 5.72. The number of anilines is 2. The van der Waals surface area contributed by atoms with E-state index in [1.165, 1.54) is 0 Å². The van der Waals surface area contributed by atoms with Crippen LogP contribution in [0.5, 0.6) is 11.5 Å². The monoisotopic (exact) mass is 340 g/mol. The molecule has 0 radical (unpaired) electrons. The van der Waals surface area contributed by atoms with Gasteiger partial charge in [0.25, 0.3) is 5.91 Å². The first-order chi connectivity index (χ1) is 12.1. The molecule has 0 aromatic heterocycles. The Balaban J connectivity index is 1.78. The van der Waals surface area contributed by atoms with Gasteiger partial charge in [-0.3, -0.25) is 9.59 Å². The van der Waals surface area contributed by atoms with E-state index in [0.717, 1.165) is 12.1 Å². The Morgan fingerprint density at radius 3 is 2.44 bits per heavy atom. The van der Waals surface area contributed by atoms with Crippen molar-refractivity contribution in [1.82, 2.24) is 0 Å². The zero-order valence-electron chi connectivity index (χ0n) is 14.2. The Morgan fingerprint density at radius 1 is 1.08 bits per heavy atom. The summed E-state index contributed by atoms with van der Waals surface area (Å²) >= 11 is 0. The molecule has 1 aliphatic heterocycles. The minimum atomic E-state index is -0.227. The normalized spacial score (nSPS) is 13.7. The highest BCUT2D eigenvalue weighted by molar-refractivity contribution is 6.05. The number of rotatable bonds is 5. The van der Waals surface area contributed by atoms with E-state index in [0.29, 0.717) is 35.7 Å². The van der Waals surface area contributed by atoms with Crippen LogP contribution in [0.2, 0.25) is 0 Å². The smallest absolute Gasteiger partial charge is 0.255 e. The van der Waals surface area contributed by atoms with Gasteiger partial charge in [0.15, 0.2) is 0 Å². The van der Waals surface area contributed by atoms with Gasteiger partial charge in [0.05, 0.1) is 19.9 Å². The summed E-state index contributed by atoms with van der Waals surface area (Å²) < 4.78 is 10.5. The number of nitrogens with one attached hydrogen (secondary N) is 1. The molecule has 130 valence electrons. The molecular weight excluding hydrogens is 320 g/mol. The van der Waals surface area contributed by atoms with Crippen LogP contribution in [-0.2, 0) is 4.79 Å². The zero-order chi connectivity index (χ0) is 17.8. The molecule has 0 bridgehead atoms. The molecule has 25 heavy (non-hydrogen) atoms. The first kappa shape index (κ1) is 16.8. The maximum Gasteiger partial charge on any atom is 0.255 e.